The van der Waals surface area contributed by atoms with Gasteiger partial charge in [-0.15, -0.1) is 0 Å². The highest BCUT2D eigenvalue weighted by Gasteiger charge is 2.32. The number of para-hydroxylation sites is 1. The average Bonchev–Trinajstić information content (AvgIpc) is 3.12. The zero-order valence-electron chi connectivity index (χ0n) is 18.7. The van der Waals surface area contributed by atoms with E-state index in [0.29, 0.717) is 21.3 Å². The van der Waals surface area contributed by atoms with Crippen LogP contribution in [-0.4, -0.2) is 35.6 Å². The third-order valence-electron chi connectivity index (χ3n) is 5.07. The number of carbonyl (C=O) groups excluding carboxylic acids is 1. The first-order chi connectivity index (χ1) is 17.2. The molecule has 0 bridgehead atoms. The molecule has 0 saturated carbocycles. The first-order valence-electron chi connectivity index (χ1n) is 10.3. The van der Waals surface area contributed by atoms with Gasteiger partial charge in [-0.2, -0.15) is 8.42 Å². The molecule has 0 radical (unpaired) electrons. The van der Waals surface area contributed by atoms with E-state index in [1.807, 2.05) is 30.3 Å². The predicted octanol–water partition coefficient (Wildman–Crippen LogP) is 4.77. The number of nitro groups is 1. The zero-order chi connectivity index (χ0) is 25.9. The first kappa shape index (κ1) is 25.4. The molecule has 0 aliphatic carbocycles. The number of benzene rings is 3. The summed E-state index contributed by atoms with van der Waals surface area (Å²) >= 11 is 6.54. The van der Waals surface area contributed by atoms with Gasteiger partial charge >= 0.3 is 10.1 Å². The molecule has 184 valence electrons. The molecule has 1 saturated heterocycles. The fraction of sp³-hybridized carbons (Fsp3) is 0.0833. The Labute approximate surface area is 216 Å². The highest BCUT2D eigenvalue weighted by atomic mass is 32.2. The Kier molecular flexibility index (Phi) is 7.38. The van der Waals surface area contributed by atoms with Crippen LogP contribution in [0.5, 0.6) is 11.5 Å². The number of nitro benzene ring substituents is 1. The Balaban J connectivity index is 1.58. The van der Waals surface area contributed by atoms with Crippen LogP contribution in [0, 0.1) is 10.1 Å². The van der Waals surface area contributed by atoms with Crippen molar-refractivity contribution >= 4 is 56.1 Å². The molecule has 3 aromatic carbocycles. The minimum absolute atomic E-state index is 0.0608. The molecule has 36 heavy (non-hydrogen) atoms. The lowest BCUT2D eigenvalue weighted by Crippen LogP contribution is -2.27. The van der Waals surface area contributed by atoms with Crippen molar-refractivity contribution in [3.8, 4) is 11.5 Å². The van der Waals surface area contributed by atoms with Crippen molar-refractivity contribution in [3.05, 3.63) is 98.9 Å². The number of nitrogens with zero attached hydrogens (tertiary/aromatic N) is 2. The molecule has 4 rings (SSSR count). The van der Waals surface area contributed by atoms with Crippen LogP contribution in [0.15, 0.2) is 82.6 Å². The normalized spacial score (nSPS) is 14.8. The molecule has 1 aliphatic heterocycles. The van der Waals surface area contributed by atoms with E-state index in [0.717, 1.165) is 29.5 Å². The quantitative estimate of drug-likeness (QED) is 0.130. The third-order valence-corrected chi connectivity index (χ3v) is 7.73. The van der Waals surface area contributed by atoms with Crippen LogP contribution >= 0.6 is 24.0 Å². The number of methoxy groups -OCH3 is 1. The molecule has 0 N–H and O–H groups in total. The molecule has 1 fully saturated rings. The summed E-state index contributed by atoms with van der Waals surface area (Å²) in [5.74, 6) is -0.345. The fourth-order valence-electron chi connectivity index (χ4n) is 3.38. The topological polar surface area (TPSA) is 116 Å². The number of ether oxygens (including phenoxy) is 1. The Morgan fingerprint density at radius 1 is 1.06 bits per heavy atom. The van der Waals surface area contributed by atoms with E-state index in [9.17, 15) is 23.3 Å². The van der Waals surface area contributed by atoms with Crippen molar-refractivity contribution < 1.29 is 27.1 Å². The van der Waals surface area contributed by atoms with Gasteiger partial charge in [-0.25, -0.2) is 0 Å². The van der Waals surface area contributed by atoms with Crippen LogP contribution in [0.2, 0.25) is 0 Å². The molecular weight excluding hydrogens is 524 g/mol. The second kappa shape index (κ2) is 10.5. The van der Waals surface area contributed by atoms with E-state index in [1.54, 1.807) is 6.08 Å². The van der Waals surface area contributed by atoms with Gasteiger partial charge in [0.1, 0.15) is 4.32 Å². The molecule has 3 aromatic rings. The van der Waals surface area contributed by atoms with Gasteiger partial charge in [0.15, 0.2) is 16.4 Å². The van der Waals surface area contributed by atoms with Crippen molar-refractivity contribution in [1.29, 1.82) is 0 Å². The molecule has 12 heteroatoms. The Hall–Kier alpha value is -3.74. The van der Waals surface area contributed by atoms with Gasteiger partial charge in [-0.1, -0.05) is 72.5 Å². The Morgan fingerprint density at radius 2 is 1.75 bits per heavy atom. The summed E-state index contributed by atoms with van der Waals surface area (Å²) in [6.07, 6.45) is 1.62. The molecular formula is C24H18N2O7S3. The predicted molar refractivity (Wildman–Crippen MR) is 139 cm³/mol. The van der Waals surface area contributed by atoms with Crippen molar-refractivity contribution in [2.24, 2.45) is 0 Å². The summed E-state index contributed by atoms with van der Waals surface area (Å²) in [6, 6.07) is 18.7. The van der Waals surface area contributed by atoms with Crippen LogP contribution in [-0.2, 0) is 21.5 Å². The number of thioether (sulfide) groups is 1. The number of thiocarbonyl (C=S) groups is 1. The summed E-state index contributed by atoms with van der Waals surface area (Å²) in [5, 5.41) is 11.2. The molecule has 0 unspecified atom stereocenters. The molecule has 1 heterocycles. The van der Waals surface area contributed by atoms with E-state index in [4.69, 9.17) is 21.1 Å². The number of amides is 1. The molecule has 1 aliphatic rings. The van der Waals surface area contributed by atoms with E-state index < -0.39 is 25.6 Å². The van der Waals surface area contributed by atoms with E-state index in [1.165, 1.54) is 42.3 Å². The smallest absolute Gasteiger partial charge is 0.346 e. The van der Waals surface area contributed by atoms with Crippen LogP contribution in [0.4, 0.5) is 5.69 Å². The van der Waals surface area contributed by atoms with Crippen molar-refractivity contribution in [2.75, 3.05) is 7.11 Å². The summed E-state index contributed by atoms with van der Waals surface area (Å²) in [6.45, 7) is 0.350. The maximum absolute atomic E-state index is 12.9. The van der Waals surface area contributed by atoms with Crippen molar-refractivity contribution in [3.63, 3.8) is 0 Å². The summed E-state index contributed by atoms with van der Waals surface area (Å²) in [5.41, 5.74) is 0.881. The van der Waals surface area contributed by atoms with Crippen LogP contribution in [0.3, 0.4) is 0 Å². The highest BCUT2D eigenvalue weighted by molar-refractivity contribution is 8.26. The third kappa shape index (κ3) is 5.40. The van der Waals surface area contributed by atoms with Gasteiger partial charge in [0.25, 0.3) is 11.6 Å². The SMILES string of the molecule is COc1cc(/C=C2/SC(=S)N(Cc3ccccc3)C2=O)ccc1OS(=O)(=O)c1ccccc1[N+](=O)[O-]. The van der Waals surface area contributed by atoms with Crippen LogP contribution < -0.4 is 8.92 Å². The summed E-state index contributed by atoms with van der Waals surface area (Å²) in [7, 11) is -3.21. The monoisotopic (exact) mass is 542 g/mol. The number of hydrogen-bond donors (Lipinski definition) is 0. The van der Waals surface area contributed by atoms with Gasteiger partial charge in [-0.3, -0.25) is 19.8 Å². The molecule has 9 nitrogen and oxygen atoms in total. The molecule has 1 amide bonds. The van der Waals surface area contributed by atoms with Gasteiger partial charge in [-0.05, 0) is 35.4 Å². The van der Waals surface area contributed by atoms with Crippen molar-refractivity contribution in [2.45, 2.75) is 11.4 Å². The maximum atomic E-state index is 12.9. The maximum Gasteiger partial charge on any atom is 0.346 e. The summed E-state index contributed by atoms with van der Waals surface area (Å²) < 4.78 is 36.4. The molecule has 0 spiro atoms. The first-order valence-corrected chi connectivity index (χ1v) is 13.0. The summed E-state index contributed by atoms with van der Waals surface area (Å²) in [4.78, 5) is 24.7. The lowest BCUT2D eigenvalue weighted by molar-refractivity contribution is -0.387. The van der Waals surface area contributed by atoms with E-state index >= 15 is 0 Å². The van der Waals surface area contributed by atoms with E-state index in [2.05, 4.69) is 0 Å². The van der Waals surface area contributed by atoms with Gasteiger partial charge in [0.2, 0.25) is 0 Å². The molecule has 0 atom stereocenters. The number of rotatable bonds is 8. The van der Waals surface area contributed by atoms with Crippen molar-refractivity contribution in [1.82, 2.24) is 4.90 Å². The largest absolute Gasteiger partial charge is 0.493 e. The zero-order valence-corrected chi connectivity index (χ0v) is 21.1. The lowest BCUT2D eigenvalue weighted by Gasteiger charge is -2.14. The standard InChI is InChI=1S/C24H18N2O7S3/c1-32-20-13-17(14-21-23(27)25(24(34)35-21)15-16-7-3-2-4-8-16)11-12-19(20)33-36(30,31)22-10-6-5-9-18(22)26(28)29/h2-14H,15H2,1H3/b21-14+. The number of hydrogen-bond acceptors (Lipinski definition) is 9. The van der Waals surface area contributed by atoms with Gasteiger partial charge < -0.3 is 8.92 Å². The lowest BCUT2D eigenvalue weighted by atomic mass is 10.1. The van der Waals surface area contributed by atoms with Crippen LogP contribution in [0.25, 0.3) is 6.08 Å². The number of carbonyl (C=O) groups is 1. The minimum Gasteiger partial charge on any atom is -0.493 e. The minimum atomic E-state index is -4.53. The second-order valence-corrected chi connectivity index (χ2v) is 10.6. The highest BCUT2D eigenvalue weighted by Crippen LogP contribution is 2.36. The van der Waals surface area contributed by atoms with Crippen LogP contribution in [0.1, 0.15) is 11.1 Å². The fourth-order valence-corrected chi connectivity index (χ4v) is 5.74. The Bertz CT molecular complexity index is 1490. The molecule has 0 aromatic heterocycles. The average molecular weight is 543 g/mol. The van der Waals surface area contributed by atoms with Gasteiger partial charge in [0, 0.05) is 6.07 Å². The van der Waals surface area contributed by atoms with Gasteiger partial charge in [0.05, 0.1) is 23.5 Å². The van der Waals surface area contributed by atoms with E-state index in [-0.39, 0.29) is 17.4 Å². The Morgan fingerprint density at radius 3 is 2.44 bits per heavy atom. The second-order valence-electron chi connectivity index (χ2n) is 7.43.